The fourth-order valence-corrected chi connectivity index (χ4v) is 2.37. The molecule has 1 rings (SSSR count). The number of nitrogens with one attached hydrogen (secondary N) is 1. The lowest BCUT2D eigenvalue weighted by molar-refractivity contribution is 0.161. The Hall–Kier alpha value is -0.850. The number of rotatable bonds is 7. The molecule has 0 aliphatic heterocycles. The molecule has 1 aromatic rings. The second-order valence-corrected chi connectivity index (χ2v) is 6.08. The molecule has 0 spiro atoms. The minimum absolute atomic E-state index is 0.0217. The maximum Gasteiger partial charge on any atom is 0.131 e. The van der Waals surface area contributed by atoms with Crippen molar-refractivity contribution in [2.75, 3.05) is 18.6 Å². The van der Waals surface area contributed by atoms with E-state index in [1.165, 1.54) is 6.07 Å². The molecule has 0 saturated heterocycles. The van der Waals surface area contributed by atoms with Gasteiger partial charge in [-0.15, -0.1) is 0 Å². The second kappa shape index (κ2) is 7.67. The first-order valence-corrected chi connectivity index (χ1v) is 7.80. The van der Waals surface area contributed by atoms with Gasteiger partial charge in [0, 0.05) is 35.4 Å². The summed E-state index contributed by atoms with van der Waals surface area (Å²) < 4.78 is 37.8. The summed E-state index contributed by atoms with van der Waals surface area (Å²) >= 11 is 0. The van der Waals surface area contributed by atoms with E-state index in [2.05, 4.69) is 5.32 Å². The first-order chi connectivity index (χ1) is 8.91. The van der Waals surface area contributed by atoms with Gasteiger partial charge in [0.05, 0.1) is 11.7 Å². The predicted octanol–water partition coefficient (Wildman–Crippen LogP) is 1.74. The van der Waals surface area contributed by atoms with Crippen LogP contribution in [0, 0.1) is 11.6 Å². The maximum atomic E-state index is 13.4. The molecular weight excluding hydrogens is 272 g/mol. The SMILES string of the molecule is CC(CCS(C)=O)NCC(O)c1c(F)cccc1F. The molecule has 108 valence electrons. The predicted molar refractivity (Wildman–Crippen MR) is 72.3 cm³/mol. The van der Waals surface area contributed by atoms with Crippen molar-refractivity contribution < 1.29 is 18.1 Å². The van der Waals surface area contributed by atoms with E-state index >= 15 is 0 Å². The molecule has 0 heterocycles. The third-order valence-corrected chi connectivity index (χ3v) is 3.64. The fraction of sp³-hybridized carbons (Fsp3) is 0.538. The molecule has 1 aromatic carbocycles. The van der Waals surface area contributed by atoms with E-state index in [0.29, 0.717) is 12.2 Å². The van der Waals surface area contributed by atoms with E-state index in [9.17, 15) is 18.1 Å². The van der Waals surface area contributed by atoms with Crippen LogP contribution < -0.4 is 5.32 Å². The first kappa shape index (κ1) is 16.2. The van der Waals surface area contributed by atoms with E-state index < -0.39 is 28.5 Å². The van der Waals surface area contributed by atoms with Gasteiger partial charge in [-0.3, -0.25) is 4.21 Å². The van der Waals surface area contributed by atoms with Crippen molar-refractivity contribution in [2.45, 2.75) is 25.5 Å². The summed E-state index contributed by atoms with van der Waals surface area (Å²) in [5.41, 5.74) is -0.318. The number of halogens is 2. The van der Waals surface area contributed by atoms with Gasteiger partial charge in [-0.25, -0.2) is 8.78 Å². The van der Waals surface area contributed by atoms with E-state index in [0.717, 1.165) is 12.1 Å². The van der Waals surface area contributed by atoms with Gasteiger partial charge in [-0.2, -0.15) is 0 Å². The van der Waals surface area contributed by atoms with Crippen LogP contribution in [0.5, 0.6) is 0 Å². The standard InChI is InChI=1S/C13H19F2NO2S/c1-9(6-7-19(2)18)16-8-12(17)13-10(14)4-3-5-11(13)15/h3-5,9,12,16-17H,6-8H2,1-2H3. The van der Waals surface area contributed by atoms with Gasteiger partial charge in [-0.05, 0) is 25.5 Å². The van der Waals surface area contributed by atoms with Crippen LogP contribution in [0.25, 0.3) is 0 Å². The van der Waals surface area contributed by atoms with Gasteiger partial charge in [0.1, 0.15) is 11.6 Å². The van der Waals surface area contributed by atoms with Gasteiger partial charge >= 0.3 is 0 Å². The number of hydrogen-bond acceptors (Lipinski definition) is 3. The fourth-order valence-electron chi connectivity index (χ4n) is 1.69. The molecule has 0 aliphatic rings. The van der Waals surface area contributed by atoms with Crippen LogP contribution in [-0.4, -0.2) is 33.9 Å². The molecule has 0 fully saturated rings. The Bertz CT molecular complexity index is 422. The summed E-state index contributed by atoms with van der Waals surface area (Å²) in [5, 5.41) is 12.8. The average Bonchev–Trinajstić information content (AvgIpc) is 2.33. The van der Waals surface area contributed by atoms with Crippen molar-refractivity contribution >= 4 is 10.8 Å². The van der Waals surface area contributed by atoms with Gasteiger partial charge in [0.2, 0.25) is 0 Å². The summed E-state index contributed by atoms with van der Waals surface area (Å²) in [4.78, 5) is 0. The molecule has 0 saturated carbocycles. The van der Waals surface area contributed by atoms with E-state index in [4.69, 9.17) is 0 Å². The highest BCUT2D eigenvalue weighted by Crippen LogP contribution is 2.20. The molecule has 0 aromatic heterocycles. The van der Waals surface area contributed by atoms with Crippen LogP contribution in [0.2, 0.25) is 0 Å². The lowest BCUT2D eigenvalue weighted by Crippen LogP contribution is -2.32. The molecule has 0 amide bonds. The zero-order valence-corrected chi connectivity index (χ0v) is 11.8. The van der Waals surface area contributed by atoms with Crippen LogP contribution in [-0.2, 0) is 10.8 Å². The molecule has 3 unspecified atom stereocenters. The molecule has 3 atom stereocenters. The van der Waals surface area contributed by atoms with E-state index in [-0.39, 0.29) is 18.2 Å². The highest BCUT2D eigenvalue weighted by molar-refractivity contribution is 7.84. The Morgan fingerprint density at radius 3 is 2.47 bits per heavy atom. The lowest BCUT2D eigenvalue weighted by Gasteiger charge is -2.17. The number of aliphatic hydroxyl groups excluding tert-OH is 1. The van der Waals surface area contributed by atoms with Gasteiger partial charge in [0.25, 0.3) is 0 Å². The Morgan fingerprint density at radius 1 is 1.37 bits per heavy atom. The third kappa shape index (κ3) is 5.34. The Labute approximate surface area is 114 Å². The first-order valence-electron chi connectivity index (χ1n) is 6.07. The summed E-state index contributed by atoms with van der Waals surface area (Å²) in [7, 11) is -0.866. The normalized spacial score (nSPS) is 16.1. The van der Waals surface area contributed by atoms with Crippen LogP contribution in [0.4, 0.5) is 8.78 Å². The zero-order chi connectivity index (χ0) is 14.4. The summed E-state index contributed by atoms with van der Waals surface area (Å²) in [6.45, 7) is 1.92. The molecule has 0 bridgehead atoms. The molecular formula is C13H19F2NO2S. The van der Waals surface area contributed by atoms with Gasteiger partial charge in [-0.1, -0.05) is 6.07 Å². The molecule has 6 heteroatoms. The highest BCUT2D eigenvalue weighted by Gasteiger charge is 2.18. The van der Waals surface area contributed by atoms with Crippen LogP contribution in [0.3, 0.4) is 0 Å². The van der Waals surface area contributed by atoms with Crippen molar-refractivity contribution in [3.63, 3.8) is 0 Å². The number of hydrogen-bond donors (Lipinski definition) is 2. The smallest absolute Gasteiger partial charge is 0.131 e. The van der Waals surface area contributed by atoms with Crippen molar-refractivity contribution in [3.05, 3.63) is 35.4 Å². The summed E-state index contributed by atoms with van der Waals surface area (Å²) in [6.07, 6.45) is 1.06. The van der Waals surface area contributed by atoms with Crippen molar-refractivity contribution in [2.24, 2.45) is 0 Å². The Kier molecular flexibility index (Phi) is 6.54. The third-order valence-electron chi connectivity index (χ3n) is 2.83. The Morgan fingerprint density at radius 2 is 1.95 bits per heavy atom. The molecule has 19 heavy (non-hydrogen) atoms. The van der Waals surface area contributed by atoms with Crippen LogP contribution in [0.1, 0.15) is 25.0 Å². The molecule has 2 N–H and O–H groups in total. The number of benzene rings is 1. The average molecular weight is 291 g/mol. The van der Waals surface area contributed by atoms with Gasteiger partial charge in [0.15, 0.2) is 0 Å². The minimum atomic E-state index is -1.24. The maximum absolute atomic E-state index is 13.4. The van der Waals surface area contributed by atoms with Crippen LogP contribution >= 0.6 is 0 Å². The van der Waals surface area contributed by atoms with Gasteiger partial charge < -0.3 is 10.4 Å². The largest absolute Gasteiger partial charge is 0.387 e. The minimum Gasteiger partial charge on any atom is -0.387 e. The molecule has 0 aliphatic carbocycles. The molecule has 3 nitrogen and oxygen atoms in total. The highest BCUT2D eigenvalue weighted by atomic mass is 32.2. The second-order valence-electron chi connectivity index (χ2n) is 4.53. The molecule has 0 radical (unpaired) electrons. The monoisotopic (exact) mass is 291 g/mol. The quantitative estimate of drug-likeness (QED) is 0.804. The van der Waals surface area contributed by atoms with Crippen molar-refractivity contribution in [1.29, 1.82) is 0 Å². The topological polar surface area (TPSA) is 49.3 Å². The van der Waals surface area contributed by atoms with Crippen molar-refractivity contribution in [3.8, 4) is 0 Å². The van der Waals surface area contributed by atoms with E-state index in [1.807, 2.05) is 6.92 Å². The summed E-state index contributed by atoms with van der Waals surface area (Å²) in [5.74, 6) is -0.952. The zero-order valence-electron chi connectivity index (χ0n) is 11.0. The van der Waals surface area contributed by atoms with Crippen LogP contribution in [0.15, 0.2) is 18.2 Å². The summed E-state index contributed by atoms with van der Waals surface area (Å²) in [6, 6.07) is 3.51. The number of aliphatic hydroxyl groups is 1. The van der Waals surface area contributed by atoms with E-state index in [1.54, 1.807) is 6.26 Å². The Balaban J connectivity index is 2.51. The van der Waals surface area contributed by atoms with Crippen molar-refractivity contribution in [1.82, 2.24) is 5.32 Å². The lowest BCUT2D eigenvalue weighted by atomic mass is 10.1.